The number of para-hydroxylation sites is 2. The molecule has 0 atom stereocenters. The molecule has 2 aromatic heterocycles. The number of benzene rings is 8. The average molecular weight is 625 g/mol. The molecule has 4 heteroatoms. The van der Waals surface area contributed by atoms with Crippen molar-refractivity contribution >= 4 is 54.1 Å². The smallest absolute Gasteiger partial charge is 0.164 e. The standard InChI is InChI=1S/C45H28N4/c1-4-16-29(17-5-1)43-46-44(30-18-6-2-7-19-30)48-45(47-43)38-28-37-32-22-10-12-24-34(32)40-36-26-14-15-27-39(36)49(31-20-8-3-9-21-31)42(40)41(37)35-25-13-11-23-33(35)38/h1-28H. The van der Waals surface area contributed by atoms with Gasteiger partial charge >= 0.3 is 0 Å². The minimum Gasteiger partial charge on any atom is -0.309 e. The van der Waals surface area contributed by atoms with E-state index in [0.29, 0.717) is 17.5 Å². The van der Waals surface area contributed by atoms with Crippen molar-refractivity contribution in [2.24, 2.45) is 0 Å². The molecule has 10 rings (SSSR count). The summed E-state index contributed by atoms with van der Waals surface area (Å²) in [5, 5.41) is 9.57. The topological polar surface area (TPSA) is 43.6 Å². The van der Waals surface area contributed by atoms with Gasteiger partial charge in [-0.2, -0.15) is 0 Å². The molecular formula is C45H28N4. The Kier molecular flexibility index (Phi) is 6.15. The summed E-state index contributed by atoms with van der Waals surface area (Å²) in [5.74, 6) is 1.95. The summed E-state index contributed by atoms with van der Waals surface area (Å²) < 4.78 is 2.44. The van der Waals surface area contributed by atoms with Gasteiger partial charge in [-0.25, -0.2) is 15.0 Å². The van der Waals surface area contributed by atoms with Gasteiger partial charge in [0.25, 0.3) is 0 Å². The molecule has 2 heterocycles. The van der Waals surface area contributed by atoms with Crippen LogP contribution in [0.4, 0.5) is 0 Å². The number of rotatable bonds is 4. The first kappa shape index (κ1) is 27.5. The molecule has 0 fully saturated rings. The highest BCUT2D eigenvalue weighted by molar-refractivity contribution is 6.37. The lowest BCUT2D eigenvalue weighted by atomic mass is 9.90. The van der Waals surface area contributed by atoms with E-state index in [1.165, 1.54) is 43.4 Å². The van der Waals surface area contributed by atoms with Crippen molar-refractivity contribution in [1.82, 2.24) is 19.5 Å². The van der Waals surface area contributed by atoms with Gasteiger partial charge in [0.05, 0.1) is 11.0 Å². The van der Waals surface area contributed by atoms with E-state index in [9.17, 15) is 0 Å². The largest absolute Gasteiger partial charge is 0.309 e. The van der Waals surface area contributed by atoms with Crippen LogP contribution in [0.5, 0.6) is 0 Å². The SMILES string of the molecule is c1ccc(-c2nc(-c3ccccc3)nc(-c3cc4c5ccccc5c5c6ccccc6n(-c6ccccc6)c5c4c4ccccc34)n2)cc1. The van der Waals surface area contributed by atoms with Gasteiger partial charge in [-0.15, -0.1) is 0 Å². The van der Waals surface area contributed by atoms with Gasteiger partial charge in [0.2, 0.25) is 0 Å². The molecule has 0 unspecified atom stereocenters. The van der Waals surface area contributed by atoms with Crippen LogP contribution >= 0.6 is 0 Å². The Morgan fingerprint density at radius 2 is 0.796 bits per heavy atom. The molecule has 0 aliphatic carbocycles. The van der Waals surface area contributed by atoms with Gasteiger partial charge < -0.3 is 4.57 Å². The second-order valence-electron chi connectivity index (χ2n) is 12.4. The maximum atomic E-state index is 5.17. The number of hydrogen-bond acceptors (Lipinski definition) is 3. The zero-order chi connectivity index (χ0) is 32.3. The van der Waals surface area contributed by atoms with E-state index in [2.05, 4.69) is 138 Å². The first-order valence-electron chi connectivity index (χ1n) is 16.6. The van der Waals surface area contributed by atoms with Crippen molar-refractivity contribution in [3.05, 3.63) is 170 Å². The fourth-order valence-electron chi connectivity index (χ4n) is 7.49. The van der Waals surface area contributed by atoms with Gasteiger partial charge in [-0.3, -0.25) is 0 Å². The third-order valence-electron chi connectivity index (χ3n) is 9.60. The summed E-state index contributed by atoms with van der Waals surface area (Å²) in [4.78, 5) is 15.3. The number of hydrogen-bond donors (Lipinski definition) is 0. The van der Waals surface area contributed by atoms with E-state index in [4.69, 9.17) is 15.0 Å². The van der Waals surface area contributed by atoms with Crippen LogP contribution in [0.15, 0.2) is 170 Å². The Hall–Kier alpha value is -6.65. The summed E-state index contributed by atoms with van der Waals surface area (Å²) >= 11 is 0. The van der Waals surface area contributed by atoms with Gasteiger partial charge in [0, 0.05) is 38.5 Å². The zero-order valence-electron chi connectivity index (χ0n) is 26.5. The zero-order valence-corrected chi connectivity index (χ0v) is 26.5. The maximum absolute atomic E-state index is 5.17. The molecule has 10 aromatic rings. The van der Waals surface area contributed by atoms with Crippen LogP contribution in [-0.2, 0) is 0 Å². The molecule has 0 radical (unpaired) electrons. The van der Waals surface area contributed by atoms with Crippen LogP contribution in [0.25, 0.3) is 94.0 Å². The second kappa shape index (κ2) is 11.0. The summed E-state index contributed by atoms with van der Waals surface area (Å²) in [6.45, 7) is 0. The van der Waals surface area contributed by atoms with E-state index in [0.717, 1.165) is 33.2 Å². The van der Waals surface area contributed by atoms with Crippen molar-refractivity contribution in [2.45, 2.75) is 0 Å². The number of aromatic nitrogens is 4. The Balaban J connectivity index is 1.39. The molecule has 0 N–H and O–H groups in total. The normalized spacial score (nSPS) is 11.7. The number of fused-ring (bicyclic) bond motifs is 10. The lowest BCUT2D eigenvalue weighted by Gasteiger charge is -2.17. The Bertz CT molecular complexity index is 2800. The average Bonchev–Trinajstić information content (AvgIpc) is 3.54. The van der Waals surface area contributed by atoms with Crippen LogP contribution < -0.4 is 0 Å². The van der Waals surface area contributed by atoms with Crippen LogP contribution in [-0.4, -0.2) is 19.5 Å². The first-order valence-corrected chi connectivity index (χ1v) is 16.6. The molecular weight excluding hydrogens is 597 g/mol. The molecule has 0 amide bonds. The Morgan fingerprint density at radius 1 is 0.347 bits per heavy atom. The fourth-order valence-corrected chi connectivity index (χ4v) is 7.49. The van der Waals surface area contributed by atoms with Crippen LogP contribution in [0, 0.1) is 0 Å². The van der Waals surface area contributed by atoms with Crippen molar-refractivity contribution in [2.75, 3.05) is 0 Å². The molecule has 228 valence electrons. The summed E-state index contributed by atoms with van der Waals surface area (Å²) in [7, 11) is 0. The van der Waals surface area contributed by atoms with Crippen molar-refractivity contribution in [3.63, 3.8) is 0 Å². The lowest BCUT2D eigenvalue weighted by molar-refractivity contribution is 1.08. The summed E-state index contributed by atoms with van der Waals surface area (Å²) in [5.41, 5.74) is 6.41. The van der Waals surface area contributed by atoms with Gasteiger partial charge in [-0.1, -0.05) is 146 Å². The van der Waals surface area contributed by atoms with Gasteiger partial charge in [-0.05, 0) is 51.2 Å². The molecule has 0 saturated carbocycles. The minimum atomic E-state index is 0.651. The van der Waals surface area contributed by atoms with E-state index in [-0.39, 0.29) is 0 Å². The van der Waals surface area contributed by atoms with Crippen molar-refractivity contribution < 1.29 is 0 Å². The highest BCUT2D eigenvalue weighted by Gasteiger charge is 2.23. The van der Waals surface area contributed by atoms with E-state index in [1.54, 1.807) is 0 Å². The van der Waals surface area contributed by atoms with Crippen molar-refractivity contribution in [3.8, 4) is 39.9 Å². The second-order valence-corrected chi connectivity index (χ2v) is 12.4. The monoisotopic (exact) mass is 624 g/mol. The molecule has 0 aliphatic rings. The molecule has 4 nitrogen and oxygen atoms in total. The Labute approximate surface area is 282 Å². The van der Waals surface area contributed by atoms with Crippen molar-refractivity contribution in [1.29, 1.82) is 0 Å². The highest BCUT2D eigenvalue weighted by Crippen LogP contribution is 2.46. The molecule has 0 spiro atoms. The van der Waals surface area contributed by atoms with E-state index in [1.807, 2.05) is 36.4 Å². The van der Waals surface area contributed by atoms with Crippen LogP contribution in [0.3, 0.4) is 0 Å². The fraction of sp³-hybridized carbons (Fsp3) is 0. The molecule has 0 saturated heterocycles. The Morgan fingerprint density at radius 3 is 1.43 bits per heavy atom. The molecule has 8 aromatic carbocycles. The predicted molar refractivity (Wildman–Crippen MR) is 203 cm³/mol. The third kappa shape index (κ3) is 4.28. The van der Waals surface area contributed by atoms with Gasteiger partial charge in [0.15, 0.2) is 17.5 Å². The molecule has 0 aliphatic heterocycles. The third-order valence-corrected chi connectivity index (χ3v) is 9.60. The number of nitrogens with zero attached hydrogens (tertiary/aromatic N) is 4. The van der Waals surface area contributed by atoms with E-state index >= 15 is 0 Å². The minimum absolute atomic E-state index is 0.651. The molecule has 49 heavy (non-hydrogen) atoms. The van der Waals surface area contributed by atoms with Crippen LogP contribution in [0.1, 0.15) is 0 Å². The highest BCUT2D eigenvalue weighted by atomic mass is 15.0. The summed E-state index contributed by atoms with van der Waals surface area (Å²) in [6, 6.07) is 59.6. The summed E-state index contributed by atoms with van der Waals surface area (Å²) in [6.07, 6.45) is 0. The molecule has 0 bridgehead atoms. The van der Waals surface area contributed by atoms with Gasteiger partial charge in [0.1, 0.15) is 0 Å². The lowest BCUT2D eigenvalue weighted by Crippen LogP contribution is -2.01. The first-order chi connectivity index (χ1) is 24.3. The predicted octanol–water partition coefficient (Wildman–Crippen LogP) is 11.4. The van der Waals surface area contributed by atoms with Crippen LogP contribution in [0.2, 0.25) is 0 Å². The van der Waals surface area contributed by atoms with E-state index < -0.39 is 0 Å². The quantitative estimate of drug-likeness (QED) is 0.183. The maximum Gasteiger partial charge on any atom is 0.164 e.